The summed E-state index contributed by atoms with van der Waals surface area (Å²) in [5.74, 6) is 0. The molecule has 15 heavy (non-hydrogen) atoms. The molecule has 0 radical (unpaired) electrons. The van der Waals surface area contributed by atoms with Crippen LogP contribution in [0.5, 0.6) is 0 Å². The highest BCUT2D eigenvalue weighted by Gasteiger charge is 2.52. The average molecular weight is 215 g/mol. The second-order valence-corrected chi connectivity index (χ2v) is 4.27. The van der Waals surface area contributed by atoms with E-state index in [0.29, 0.717) is 12.0 Å². The molecule has 4 heteroatoms. The van der Waals surface area contributed by atoms with Crippen molar-refractivity contribution >= 4 is 0 Å². The van der Waals surface area contributed by atoms with Gasteiger partial charge in [0.05, 0.1) is 5.56 Å². The minimum atomic E-state index is -4.29. The van der Waals surface area contributed by atoms with E-state index < -0.39 is 17.2 Å². The lowest BCUT2D eigenvalue weighted by molar-refractivity contribution is -0.138. The Morgan fingerprint density at radius 2 is 1.87 bits per heavy atom. The minimum Gasteiger partial charge on any atom is -0.327 e. The molecular formula is C11H12F3N. The second kappa shape index (κ2) is 2.98. The maximum atomic E-state index is 12.7. The monoisotopic (exact) mass is 215 g/mol. The Morgan fingerprint density at radius 3 is 2.33 bits per heavy atom. The Hall–Kier alpha value is -1.03. The average Bonchev–Trinajstić information content (AvgIpc) is 2.75. The van der Waals surface area contributed by atoms with Crippen molar-refractivity contribution in [2.45, 2.75) is 31.0 Å². The largest absolute Gasteiger partial charge is 0.416 e. The summed E-state index contributed by atoms with van der Waals surface area (Å²) in [4.78, 5) is 0. The maximum absolute atomic E-state index is 12.7. The summed E-state index contributed by atoms with van der Waals surface area (Å²) in [7, 11) is 0. The first kappa shape index (κ1) is 10.5. The zero-order valence-corrected chi connectivity index (χ0v) is 8.31. The molecule has 0 amide bonds. The molecule has 0 saturated heterocycles. The van der Waals surface area contributed by atoms with Gasteiger partial charge in [-0.3, -0.25) is 0 Å². The fourth-order valence-electron chi connectivity index (χ4n) is 1.94. The van der Waals surface area contributed by atoms with Crippen LogP contribution in [0.15, 0.2) is 24.3 Å². The molecule has 0 heterocycles. The molecule has 2 atom stereocenters. The Kier molecular flexibility index (Phi) is 2.08. The lowest BCUT2D eigenvalue weighted by atomic mass is 9.92. The van der Waals surface area contributed by atoms with Crippen LogP contribution in [-0.4, -0.2) is 6.04 Å². The van der Waals surface area contributed by atoms with Crippen molar-refractivity contribution in [2.75, 3.05) is 0 Å². The van der Waals surface area contributed by atoms with Gasteiger partial charge in [0.25, 0.3) is 0 Å². The van der Waals surface area contributed by atoms with E-state index in [1.807, 2.05) is 0 Å². The quantitative estimate of drug-likeness (QED) is 0.765. The van der Waals surface area contributed by atoms with Gasteiger partial charge in [0.2, 0.25) is 0 Å². The number of nitrogens with two attached hydrogens (primary N) is 1. The van der Waals surface area contributed by atoms with Gasteiger partial charge in [-0.1, -0.05) is 25.1 Å². The molecular weight excluding hydrogens is 203 g/mol. The van der Waals surface area contributed by atoms with Crippen LogP contribution < -0.4 is 5.73 Å². The number of hydrogen-bond acceptors (Lipinski definition) is 1. The van der Waals surface area contributed by atoms with Gasteiger partial charge < -0.3 is 5.73 Å². The number of hydrogen-bond donors (Lipinski definition) is 1. The molecule has 2 N–H and O–H groups in total. The third-order valence-corrected chi connectivity index (χ3v) is 3.15. The van der Waals surface area contributed by atoms with E-state index in [2.05, 4.69) is 0 Å². The van der Waals surface area contributed by atoms with Crippen LogP contribution in [0.3, 0.4) is 0 Å². The summed E-state index contributed by atoms with van der Waals surface area (Å²) in [6.45, 7) is 1.78. The van der Waals surface area contributed by atoms with Crippen molar-refractivity contribution in [3.05, 3.63) is 35.4 Å². The zero-order valence-electron chi connectivity index (χ0n) is 8.31. The number of rotatable bonds is 1. The second-order valence-electron chi connectivity index (χ2n) is 4.27. The topological polar surface area (TPSA) is 26.0 Å². The van der Waals surface area contributed by atoms with Gasteiger partial charge in [-0.15, -0.1) is 0 Å². The molecule has 1 aromatic rings. The van der Waals surface area contributed by atoms with E-state index >= 15 is 0 Å². The molecule has 0 bridgehead atoms. The van der Waals surface area contributed by atoms with E-state index in [9.17, 15) is 13.2 Å². The van der Waals surface area contributed by atoms with Crippen LogP contribution in [0.4, 0.5) is 13.2 Å². The van der Waals surface area contributed by atoms with Crippen molar-refractivity contribution < 1.29 is 13.2 Å². The molecule has 1 nitrogen and oxygen atoms in total. The van der Waals surface area contributed by atoms with Crippen LogP contribution >= 0.6 is 0 Å². The summed E-state index contributed by atoms with van der Waals surface area (Å²) in [6.07, 6.45) is -3.66. The van der Waals surface area contributed by atoms with Gasteiger partial charge >= 0.3 is 6.18 Å². The first-order valence-electron chi connectivity index (χ1n) is 4.78. The molecule has 2 unspecified atom stereocenters. The zero-order chi connectivity index (χ0) is 11.3. The molecule has 1 fully saturated rings. The Morgan fingerprint density at radius 1 is 1.33 bits per heavy atom. The van der Waals surface area contributed by atoms with Crippen molar-refractivity contribution in [3.63, 3.8) is 0 Å². The first-order chi connectivity index (χ1) is 6.86. The van der Waals surface area contributed by atoms with Gasteiger partial charge in [0.15, 0.2) is 0 Å². The van der Waals surface area contributed by atoms with Crippen LogP contribution in [0, 0.1) is 0 Å². The summed E-state index contributed by atoms with van der Waals surface area (Å²) >= 11 is 0. The first-order valence-corrected chi connectivity index (χ1v) is 4.78. The van der Waals surface area contributed by atoms with E-state index in [-0.39, 0.29) is 6.04 Å². The fourth-order valence-corrected chi connectivity index (χ4v) is 1.94. The number of halogens is 3. The molecule has 0 spiro atoms. The maximum Gasteiger partial charge on any atom is 0.416 e. The molecule has 2 rings (SSSR count). The van der Waals surface area contributed by atoms with Crippen LogP contribution in [0.2, 0.25) is 0 Å². The third kappa shape index (κ3) is 1.63. The molecule has 0 aliphatic heterocycles. The molecule has 1 aromatic carbocycles. The van der Waals surface area contributed by atoms with E-state index in [4.69, 9.17) is 5.73 Å². The van der Waals surface area contributed by atoms with E-state index in [1.54, 1.807) is 13.0 Å². The Labute approximate surface area is 86.1 Å². The summed E-state index contributed by atoms with van der Waals surface area (Å²) in [5, 5.41) is 0. The van der Waals surface area contributed by atoms with E-state index in [0.717, 1.165) is 6.07 Å². The predicted octanol–water partition coefficient (Wildman–Crippen LogP) is 2.69. The summed E-state index contributed by atoms with van der Waals surface area (Å²) < 4.78 is 38.1. The highest BCUT2D eigenvalue weighted by Crippen LogP contribution is 2.50. The molecule has 82 valence electrons. The Balaban J connectivity index is 2.49. The fraction of sp³-hybridized carbons (Fsp3) is 0.455. The predicted molar refractivity (Wildman–Crippen MR) is 51.4 cm³/mol. The highest BCUT2D eigenvalue weighted by molar-refractivity contribution is 5.42. The van der Waals surface area contributed by atoms with Gasteiger partial charge in [-0.05, 0) is 18.1 Å². The van der Waals surface area contributed by atoms with E-state index in [1.165, 1.54) is 12.1 Å². The normalized spacial score (nSPS) is 30.3. The molecule has 1 aliphatic carbocycles. The number of alkyl halides is 3. The third-order valence-electron chi connectivity index (χ3n) is 3.15. The van der Waals surface area contributed by atoms with Gasteiger partial charge in [-0.2, -0.15) is 13.2 Å². The van der Waals surface area contributed by atoms with Crippen LogP contribution in [-0.2, 0) is 11.6 Å². The summed E-state index contributed by atoms with van der Waals surface area (Å²) in [6, 6.07) is 5.52. The SMILES string of the molecule is CC1(c2ccccc2C(F)(F)F)CC1N. The highest BCUT2D eigenvalue weighted by atomic mass is 19.4. The lowest BCUT2D eigenvalue weighted by Crippen LogP contribution is -2.19. The van der Waals surface area contributed by atoms with Crippen molar-refractivity contribution in [1.82, 2.24) is 0 Å². The van der Waals surface area contributed by atoms with Gasteiger partial charge in [0.1, 0.15) is 0 Å². The lowest BCUT2D eigenvalue weighted by Gasteiger charge is -2.17. The van der Waals surface area contributed by atoms with Crippen molar-refractivity contribution in [3.8, 4) is 0 Å². The number of benzene rings is 1. The van der Waals surface area contributed by atoms with Gasteiger partial charge in [0, 0.05) is 11.5 Å². The summed E-state index contributed by atoms with van der Waals surface area (Å²) in [5.41, 5.74) is 4.95. The minimum absolute atomic E-state index is 0.152. The smallest absolute Gasteiger partial charge is 0.327 e. The van der Waals surface area contributed by atoms with Crippen molar-refractivity contribution in [1.29, 1.82) is 0 Å². The molecule has 1 aliphatic rings. The van der Waals surface area contributed by atoms with Crippen LogP contribution in [0.1, 0.15) is 24.5 Å². The standard InChI is InChI=1S/C11H12F3N/c1-10(6-9(10)15)7-4-2-3-5-8(7)11(12,13)14/h2-5,9H,6,15H2,1H3. The van der Waals surface area contributed by atoms with Crippen molar-refractivity contribution in [2.24, 2.45) is 5.73 Å². The van der Waals surface area contributed by atoms with Gasteiger partial charge in [-0.25, -0.2) is 0 Å². The molecule has 0 aromatic heterocycles. The Bertz CT molecular complexity index is 386. The van der Waals surface area contributed by atoms with Crippen LogP contribution in [0.25, 0.3) is 0 Å². The molecule has 1 saturated carbocycles.